The van der Waals surface area contributed by atoms with Gasteiger partial charge in [-0.2, -0.15) is 0 Å². The topological polar surface area (TPSA) is 17.1 Å². The largest absolute Gasteiger partial charge is 0.298 e. The fraction of sp³-hybridized carbons (Fsp3) is 0. The maximum absolute atomic E-state index is 10.5. The van der Waals surface area contributed by atoms with E-state index in [1.165, 1.54) is 11.3 Å². The second-order valence-corrected chi connectivity index (χ2v) is 4.70. The highest BCUT2D eigenvalue weighted by atomic mass is 35.5. The number of rotatable bonds is 1. The first kappa shape index (κ1) is 9.06. The van der Waals surface area contributed by atoms with Crippen LogP contribution in [0, 0.1) is 0 Å². The van der Waals surface area contributed by atoms with Crippen LogP contribution in [0.1, 0.15) is 10.4 Å². The van der Waals surface area contributed by atoms with Crippen molar-refractivity contribution in [3.05, 3.63) is 28.1 Å². The third kappa shape index (κ3) is 1.47. The van der Waals surface area contributed by atoms with E-state index in [-0.39, 0.29) is 0 Å². The Bertz CT molecular complexity index is 476. The van der Waals surface area contributed by atoms with Gasteiger partial charge >= 0.3 is 0 Å². The summed E-state index contributed by atoms with van der Waals surface area (Å²) in [5, 5.41) is 0.947. The summed E-state index contributed by atoms with van der Waals surface area (Å²) in [7, 11) is 0. The molecule has 0 spiro atoms. The first-order valence-corrected chi connectivity index (χ1v) is 5.22. The number of hydrogen-bond acceptors (Lipinski definition) is 3. The summed E-state index contributed by atoms with van der Waals surface area (Å²) in [6.07, 6.45) is 0.818. The Morgan fingerprint density at radius 3 is 2.92 bits per heavy atom. The molecule has 0 bridgehead atoms. The highest BCUT2D eigenvalue weighted by molar-refractivity contribution is 7.81. The number of thiol groups is 1. The molecule has 2 aromatic rings. The maximum Gasteiger partial charge on any atom is 0.150 e. The zero-order valence-corrected chi connectivity index (χ0v) is 8.92. The number of benzene rings is 1. The van der Waals surface area contributed by atoms with E-state index < -0.39 is 0 Å². The minimum atomic E-state index is 0.650. The standard InChI is InChI=1S/C9H5ClOS2/c10-9-8(12)6-3-5(4-11)1-2-7(6)13-9/h1-4,12H. The fourth-order valence-corrected chi connectivity index (χ4v) is 2.70. The molecular formula is C9H5ClOS2. The van der Waals surface area contributed by atoms with Crippen molar-refractivity contribution in [3.8, 4) is 0 Å². The van der Waals surface area contributed by atoms with Gasteiger partial charge in [0.25, 0.3) is 0 Å². The molecule has 0 saturated carbocycles. The minimum absolute atomic E-state index is 0.650. The average molecular weight is 229 g/mol. The molecule has 1 aromatic carbocycles. The molecule has 0 atom stereocenters. The first-order chi connectivity index (χ1) is 6.22. The van der Waals surface area contributed by atoms with Crippen LogP contribution in [0.5, 0.6) is 0 Å². The van der Waals surface area contributed by atoms with E-state index in [2.05, 4.69) is 12.6 Å². The van der Waals surface area contributed by atoms with Gasteiger partial charge in [0, 0.05) is 20.5 Å². The Morgan fingerprint density at radius 2 is 2.23 bits per heavy atom. The van der Waals surface area contributed by atoms with Crippen LogP contribution in [0.25, 0.3) is 10.1 Å². The van der Waals surface area contributed by atoms with Crippen LogP contribution < -0.4 is 0 Å². The van der Waals surface area contributed by atoms with Gasteiger partial charge in [0.2, 0.25) is 0 Å². The van der Waals surface area contributed by atoms with Gasteiger partial charge in [0.1, 0.15) is 10.6 Å². The highest BCUT2D eigenvalue weighted by Crippen LogP contribution is 2.37. The summed E-state index contributed by atoms with van der Waals surface area (Å²) in [6, 6.07) is 5.46. The Labute approximate surface area is 89.7 Å². The number of carbonyl (C=O) groups excluding carboxylic acids is 1. The molecule has 0 unspecified atom stereocenters. The molecular weight excluding hydrogens is 224 g/mol. The van der Waals surface area contributed by atoms with Gasteiger partial charge in [0.15, 0.2) is 0 Å². The van der Waals surface area contributed by atoms with Crippen molar-refractivity contribution in [3.63, 3.8) is 0 Å². The molecule has 66 valence electrons. The normalized spacial score (nSPS) is 10.6. The van der Waals surface area contributed by atoms with Gasteiger partial charge < -0.3 is 0 Å². The van der Waals surface area contributed by atoms with Gasteiger partial charge in [-0.1, -0.05) is 17.7 Å². The smallest absolute Gasteiger partial charge is 0.150 e. The average Bonchev–Trinajstić information content (AvgIpc) is 2.43. The number of thiophene rings is 1. The van der Waals surface area contributed by atoms with E-state index in [1.54, 1.807) is 12.1 Å². The Hall–Kier alpha value is -0.510. The van der Waals surface area contributed by atoms with E-state index in [4.69, 9.17) is 11.6 Å². The molecule has 2 rings (SSSR count). The third-order valence-corrected chi connectivity index (χ3v) is 3.91. The number of carbonyl (C=O) groups is 1. The molecule has 1 aromatic heterocycles. The monoisotopic (exact) mass is 228 g/mol. The Kier molecular flexibility index (Phi) is 2.32. The van der Waals surface area contributed by atoms with Crippen LogP contribution >= 0.6 is 35.6 Å². The summed E-state index contributed by atoms with van der Waals surface area (Å²) in [5.74, 6) is 0. The lowest BCUT2D eigenvalue weighted by molar-refractivity contribution is 0.112. The Morgan fingerprint density at radius 1 is 1.46 bits per heavy atom. The molecule has 0 amide bonds. The van der Waals surface area contributed by atoms with Crippen LogP contribution in [0.2, 0.25) is 4.34 Å². The van der Waals surface area contributed by atoms with Gasteiger partial charge in [-0.15, -0.1) is 24.0 Å². The number of fused-ring (bicyclic) bond motifs is 1. The van der Waals surface area contributed by atoms with Gasteiger partial charge in [0.05, 0.1) is 0 Å². The molecule has 0 saturated heterocycles. The Balaban J connectivity index is 2.81. The van der Waals surface area contributed by atoms with Crippen molar-refractivity contribution in [2.75, 3.05) is 0 Å². The third-order valence-electron chi connectivity index (χ3n) is 1.78. The second-order valence-electron chi connectivity index (χ2n) is 2.60. The lowest BCUT2D eigenvalue weighted by Gasteiger charge is -1.91. The van der Waals surface area contributed by atoms with Gasteiger partial charge in [-0.3, -0.25) is 4.79 Å². The zero-order valence-electron chi connectivity index (χ0n) is 6.45. The van der Waals surface area contributed by atoms with E-state index in [1.807, 2.05) is 6.07 Å². The lowest BCUT2D eigenvalue weighted by Crippen LogP contribution is -1.76. The number of hydrogen-bond donors (Lipinski definition) is 1. The van der Waals surface area contributed by atoms with Crippen LogP contribution in [0.15, 0.2) is 23.1 Å². The number of aldehydes is 1. The molecule has 0 N–H and O–H groups in total. The predicted octanol–water partition coefficient (Wildman–Crippen LogP) is 3.66. The molecule has 0 fully saturated rings. The molecule has 0 radical (unpaired) electrons. The van der Waals surface area contributed by atoms with E-state index in [0.29, 0.717) is 9.90 Å². The van der Waals surface area contributed by atoms with Crippen molar-refractivity contribution in [2.45, 2.75) is 4.90 Å². The van der Waals surface area contributed by atoms with Crippen molar-refractivity contribution >= 4 is 51.9 Å². The zero-order chi connectivity index (χ0) is 9.42. The van der Waals surface area contributed by atoms with Crippen LogP contribution in [0.4, 0.5) is 0 Å². The fourth-order valence-electron chi connectivity index (χ4n) is 1.15. The van der Waals surface area contributed by atoms with Crippen molar-refractivity contribution in [1.29, 1.82) is 0 Å². The van der Waals surface area contributed by atoms with Crippen molar-refractivity contribution < 1.29 is 4.79 Å². The molecule has 4 heteroatoms. The van der Waals surface area contributed by atoms with Crippen molar-refractivity contribution in [2.24, 2.45) is 0 Å². The minimum Gasteiger partial charge on any atom is -0.298 e. The molecule has 0 aliphatic carbocycles. The molecule has 1 heterocycles. The van der Waals surface area contributed by atoms with Crippen LogP contribution in [0.3, 0.4) is 0 Å². The predicted molar refractivity (Wildman–Crippen MR) is 59.5 cm³/mol. The summed E-state index contributed by atoms with van der Waals surface area (Å²) in [4.78, 5) is 11.3. The summed E-state index contributed by atoms with van der Waals surface area (Å²) in [6.45, 7) is 0. The highest BCUT2D eigenvalue weighted by Gasteiger charge is 2.07. The van der Waals surface area contributed by atoms with E-state index in [0.717, 1.165) is 21.3 Å². The lowest BCUT2D eigenvalue weighted by atomic mass is 10.2. The summed E-state index contributed by atoms with van der Waals surface area (Å²) >= 11 is 11.6. The van der Waals surface area contributed by atoms with E-state index in [9.17, 15) is 4.79 Å². The van der Waals surface area contributed by atoms with Crippen LogP contribution in [-0.2, 0) is 0 Å². The SMILES string of the molecule is O=Cc1ccc2sc(Cl)c(S)c2c1. The molecule has 13 heavy (non-hydrogen) atoms. The van der Waals surface area contributed by atoms with Gasteiger partial charge in [-0.25, -0.2) is 0 Å². The quantitative estimate of drug-likeness (QED) is 0.582. The van der Waals surface area contributed by atoms with E-state index >= 15 is 0 Å². The molecule has 0 aliphatic heterocycles. The van der Waals surface area contributed by atoms with Gasteiger partial charge in [-0.05, 0) is 12.1 Å². The molecule has 0 aliphatic rings. The van der Waals surface area contributed by atoms with Crippen molar-refractivity contribution in [1.82, 2.24) is 0 Å². The summed E-state index contributed by atoms with van der Waals surface area (Å²) in [5.41, 5.74) is 0.650. The number of halogens is 1. The molecule has 1 nitrogen and oxygen atoms in total. The maximum atomic E-state index is 10.5. The summed E-state index contributed by atoms with van der Waals surface area (Å²) < 4.78 is 1.72. The van der Waals surface area contributed by atoms with Crippen LogP contribution in [-0.4, -0.2) is 6.29 Å². The second kappa shape index (κ2) is 3.33. The first-order valence-electron chi connectivity index (χ1n) is 3.58.